The van der Waals surface area contributed by atoms with Crippen LogP contribution in [0.15, 0.2) is 42.6 Å². The Balaban J connectivity index is 1.96. The molecule has 1 aliphatic rings. The summed E-state index contributed by atoms with van der Waals surface area (Å²) in [4.78, 5) is 24.5. The lowest BCUT2D eigenvalue weighted by molar-refractivity contribution is -0.116. The van der Waals surface area contributed by atoms with Crippen LogP contribution in [-0.2, 0) is 4.79 Å². The Morgan fingerprint density at radius 2 is 1.69 bits per heavy atom. The van der Waals surface area contributed by atoms with Gasteiger partial charge in [-0.1, -0.05) is 0 Å². The molecule has 32 heavy (non-hydrogen) atoms. The lowest BCUT2D eigenvalue weighted by Gasteiger charge is -2.27. The van der Waals surface area contributed by atoms with Gasteiger partial charge in [0, 0.05) is 24.2 Å². The number of amides is 1. The third-order valence-electron chi connectivity index (χ3n) is 5.51. The molecule has 4 rings (SSSR count). The summed E-state index contributed by atoms with van der Waals surface area (Å²) in [7, 11) is 4.39. The van der Waals surface area contributed by atoms with Crippen molar-refractivity contribution in [2.45, 2.75) is 12.3 Å². The number of hydrogen-bond donors (Lipinski definition) is 3. The molecule has 1 aromatic heterocycles. The molecule has 0 saturated carbocycles. The molecule has 0 saturated heterocycles. The second-order valence-corrected chi connectivity index (χ2v) is 7.26. The Morgan fingerprint density at radius 1 is 1.06 bits per heavy atom. The van der Waals surface area contributed by atoms with Crippen LogP contribution < -0.4 is 19.5 Å². The molecule has 0 radical (unpaired) electrons. The second-order valence-electron chi connectivity index (χ2n) is 7.26. The van der Waals surface area contributed by atoms with Crippen molar-refractivity contribution >= 4 is 17.6 Å². The van der Waals surface area contributed by atoms with Gasteiger partial charge in [0.05, 0.1) is 32.7 Å². The number of aromatic carboxylic acids is 1. The van der Waals surface area contributed by atoms with Gasteiger partial charge in [-0.15, -0.1) is 0 Å². The van der Waals surface area contributed by atoms with E-state index in [2.05, 4.69) is 5.32 Å². The molecule has 2 heterocycles. The fourth-order valence-electron chi connectivity index (χ4n) is 3.98. The Kier molecular flexibility index (Phi) is 5.40. The lowest BCUT2D eigenvalue weighted by atomic mass is 9.87. The van der Waals surface area contributed by atoms with Crippen molar-refractivity contribution in [3.05, 3.63) is 59.4 Å². The van der Waals surface area contributed by atoms with E-state index in [-0.39, 0.29) is 40.8 Å². The van der Waals surface area contributed by atoms with Crippen molar-refractivity contribution in [1.29, 1.82) is 0 Å². The van der Waals surface area contributed by atoms with Crippen LogP contribution in [0.5, 0.6) is 23.0 Å². The molecule has 3 aromatic rings. The number of fused-ring (bicyclic) bond motifs is 1. The first-order valence-electron chi connectivity index (χ1n) is 9.75. The van der Waals surface area contributed by atoms with Gasteiger partial charge in [0.15, 0.2) is 11.5 Å². The van der Waals surface area contributed by atoms with Crippen LogP contribution in [0.2, 0.25) is 0 Å². The number of ether oxygens (including phenoxy) is 3. The first kappa shape index (κ1) is 21.1. The fraction of sp³-hybridized carbons (Fsp3) is 0.217. The highest BCUT2D eigenvalue weighted by atomic mass is 16.5. The molecule has 0 aliphatic carbocycles. The average Bonchev–Trinajstić information content (AvgIpc) is 3.18. The first-order valence-corrected chi connectivity index (χ1v) is 9.75. The molecule has 9 nitrogen and oxygen atoms in total. The maximum Gasteiger partial charge on any atom is 0.339 e. The third kappa shape index (κ3) is 3.47. The highest BCUT2D eigenvalue weighted by Crippen LogP contribution is 2.46. The molecular weight excluding hydrogens is 416 g/mol. The minimum atomic E-state index is -1.16. The summed E-state index contributed by atoms with van der Waals surface area (Å²) in [6.45, 7) is 0. The molecule has 1 atom stereocenters. The molecule has 2 aromatic carbocycles. The van der Waals surface area contributed by atoms with E-state index in [1.54, 1.807) is 48.1 Å². The third-order valence-corrected chi connectivity index (χ3v) is 5.51. The van der Waals surface area contributed by atoms with Crippen molar-refractivity contribution in [2.24, 2.45) is 0 Å². The summed E-state index contributed by atoms with van der Waals surface area (Å²) >= 11 is 0. The molecule has 9 heteroatoms. The monoisotopic (exact) mass is 438 g/mol. The highest BCUT2D eigenvalue weighted by molar-refractivity contribution is 6.04. The number of hydrogen-bond acceptors (Lipinski definition) is 6. The van der Waals surface area contributed by atoms with Gasteiger partial charge in [0.2, 0.25) is 11.7 Å². The predicted molar refractivity (Wildman–Crippen MR) is 116 cm³/mol. The zero-order chi connectivity index (χ0) is 23.0. The molecular formula is C23H22N2O7. The SMILES string of the molecule is COc1ccc(-n2cc(C(=O)O)c3c2[C@H](c2cc(OC)c(O)c(OC)c2)CC(=O)N3)cc1. The normalized spacial score (nSPS) is 15.0. The summed E-state index contributed by atoms with van der Waals surface area (Å²) in [5.74, 6) is -1.11. The zero-order valence-electron chi connectivity index (χ0n) is 17.7. The number of carboxylic acid groups (broad SMARTS) is 1. The van der Waals surface area contributed by atoms with Gasteiger partial charge < -0.3 is 34.3 Å². The van der Waals surface area contributed by atoms with Crippen LogP contribution in [0.25, 0.3) is 5.69 Å². The number of nitrogens with one attached hydrogen (secondary N) is 1. The molecule has 1 aliphatic heterocycles. The van der Waals surface area contributed by atoms with Crippen LogP contribution in [0.3, 0.4) is 0 Å². The fourth-order valence-corrected chi connectivity index (χ4v) is 3.98. The summed E-state index contributed by atoms with van der Waals surface area (Å²) < 4.78 is 17.5. The van der Waals surface area contributed by atoms with Crippen molar-refractivity contribution in [1.82, 2.24) is 4.57 Å². The van der Waals surface area contributed by atoms with E-state index >= 15 is 0 Å². The second kappa shape index (κ2) is 8.18. The summed E-state index contributed by atoms with van der Waals surface area (Å²) in [6.07, 6.45) is 1.56. The largest absolute Gasteiger partial charge is 0.502 e. The first-order chi connectivity index (χ1) is 15.4. The molecule has 0 fully saturated rings. The minimum Gasteiger partial charge on any atom is -0.502 e. The minimum absolute atomic E-state index is 0.0217. The van der Waals surface area contributed by atoms with Crippen LogP contribution in [0.1, 0.15) is 34.0 Å². The standard InChI is InChI=1S/C23H22N2O7/c1-30-14-6-4-13(5-7-14)25-11-16(23(28)29)20-21(25)15(10-19(26)24-20)12-8-17(31-2)22(27)18(9-12)32-3/h4-9,11,15,27H,10H2,1-3H3,(H,24,26)(H,28,29)/t15-/m0/s1. The topological polar surface area (TPSA) is 119 Å². The average molecular weight is 438 g/mol. The number of aromatic hydroxyl groups is 1. The van der Waals surface area contributed by atoms with Crippen molar-refractivity contribution in [3.8, 4) is 28.7 Å². The van der Waals surface area contributed by atoms with Crippen LogP contribution in [0, 0.1) is 0 Å². The number of phenols is 1. The molecule has 0 spiro atoms. The highest BCUT2D eigenvalue weighted by Gasteiger charge is 2.35. The number of carbonyl (C=O) groups excluding carboxylic acids is 1. The number of anilines is 1. The number of rotatable bonds is 6. The van der Waals surface area contributed by atoms with Crippen LogP contribution in [-0.4, -0.2) is 48.0 Å². The molecule has 3 N–H and O–H groups in total. The summed E-state index contributed by atoms with van der Waals surface area (Å²) in [6, 6.07) is 10.4. The number of benzene rings is 2. The number of nitrogens with zero attached hydrogens (tertiary/aromatic N) is 1. The molecule has 166 valence electrons. The van der Waals surface area contributed by atoms with E-state index in [1.807, 2.05) is 0 Å². The summed E-state index contributed by atoms with van der Waals surface area (Å²) in [5.41, 5.74) is 2.15. The van der Waals surface area contributed by atoms with E-state index in [0.29, 0.717) is 22.7 Å². The Morgan fingerprint density at radius 3 is 2.22 bits per heavy atom. The van der Waals surface area contributed by atoms with E-state index in [0.717, 1.165) is 0 Å². The number of carbonyl (C=O) groups is 2. The quantitative estimate of drug-likeness (QED) is 0.540. The Hall–Kier alpha value is -4.14. The summed E-state index contributed by atoms with van der Waals surface area (Å²) in [5, 5.41) is 22.8. The number of aromatic nitrogens is 1. The Bertz CT molecular complexity index is 1170. The zero-order valence-corrected chi connectivity index (χ0v) is 17.7. The van der Waals surface area contributed by atoms with Gasteiger partial charge >= 0.3 is 5.97 Å². The van der Waals surface area contributed by atoms with Gasteiger partial charge in [-0.05, 0) is 42.0 Å². The number of carboxylic acids is 1. The lowest BCUT2D eigenvalue weighted by Crippen LogP contribution is -2.25. The maximum absolute atomic E-state index is 12.5. The van der Waals surface area contributed by atoms with Gasteiger partial charge in [-0.2, -0.15) is 0 Å². The Labute approximate surface area is 183 Å². The number of phenolic OH excluding ortho intramolecular Hbond substituents is 1. The van der Waals surface area contributed by atoms with E-state index in [9.17, 15) is 19.8 Å². The predicted octanol–water partition coefficient (Wildman–Crippen LogP) is 3.38. The maximum atomic E-state index is 12.5. The van der Waals surface area contributed by atoms with E-state index in [4.69, 9.17) is 14.2 Å². The van der Waals surface area contributed by atoms with E-state index in [1.165, 1.54) is 20.4 Å². The van der Waals surface area contributed by atoms with Crippen molar-refractivity contribution in [3.63, 3.8) is 0 Å². The van der Waals surface area contributed by atoms with E-state index < -0.39 is 11.9 Å². The number of methoxy groups -OCH3 is 3. The van der Waals surface area contributed by atoms with Gasteiger partial charge in [-0.25, -0.2) is 4.79 Å². The van der Waals surface area contributed by atoms with Crippen molar-refractivity contribution in [2.75, 3.05) is 26.6 Å². The van der Waals surface area contributed by atoms with Crippen molar-refractivity contribution < 1.29 is 34.0 Å². The molecule has 0 bridgehead atoms. The van der Waals surface area contributed by atoms with Crippen LogP contribution in [0.4, 0.5) is 5.69 Å². The molecule has 1 amide bonds. The van der Waals surface area contributed by atoms with Gasteiger partial charge in [-0.3, -0.25) is 4.79 Å². The molecule has 0 unspecified atom stereocenters. The van der Waals surface area contributed by atoms with Crippen LogP contribution >= 0.6 is 0 Å². The smallest absolute Gasteiger partial charge is 0.339 e. The van der Waals surface area contributed by atoms with Gasteiger partial charge in [0.25, 0.3) is 0 Å². The van der Waals surface area contributed by atoms with Gasteiger partial charge in [0.1, 0.15) is 11.3 Å².